The monoisotopic (exact) mass is 312 g/mol. The number of likely N-dealkylation sites (tertiary alicyclic amines) is 1. The summed E-state index contributed by atoms with van der Waals surface area (Å²) in [5.74, 6) is -0.286. The number of hydrogen-bond donors (Lipinski definition) is 2. The molecule has 1 saturated heterocycles. The number of carbonyl (C=O) groups excluding carboxylic acids is 1. The molecule has 5 nitrogen and oxygen atoms in total. The number of hydrogen-bond acceptors (Lipinski definition) is 3. The van der Waals surface area contributed by atoms with E-state index in [2.05, 4.69) is 15.5 Å². The highest BCUT2D eigenvalue weighted by molar-refractivity contribution is 6.06. The summed E-state index contributed by atoms with van der Waals surface area (Å²) in [5.41, 5.74) is 1.22. The molecular weight excluding hydrogens is 297 g/mol. The average molecular weight is 312 g/mol. The second-order valence-corrected chi connectivity index (χ2v) is 5.45. The van der Waals surface area contributed by atoms with Crippen LogP contribution in [0, 0.1) is 0 Å². The Morgan fingerprint density at radius 2 is 2.27 bits per heavy atom. The van der Waals surface area contributed by atoms with Crippen LogP contribution in [0.2, 0.25) is 0 Å². The first-order valence-corrected chi connectivity index (χ1v) is 6.94. The number of fused-ring (bicyclic) bond motifs is 1. The van der Waals surface area contributed by atoms with E-state index >= 15 is 0 Å². The molecule has 1 aromatic heterocycles. The van der Waals surface area contributed by atoms with Crippen molar-refractivity contribution in [2.75, 3.05) is 19.6 Å². The zero-order chi connectivity index (χ0) is 15.7. The van der Waals surface area contributed by atoms with Crippen molar-refractivity contribution in [2.45, 2.75) is 18.6 Å². The Balaban J connectivity index is 1.64. The number of aromatic amines is 1. The standard InChI is InChI=1S/C14H15F3N4O/c15-14(16,17)8-21-5-4-9(7-21)19-13(22)10-2-1-3-12-11(10)6-18-20-12/h1-3,6,9H,4-5,7-8H2,(H,18,20)(H,19,22). The second kappa shape index (κ2) is 5.60. The number of carbonyl (C=O) groups is 1. The first-order valence-electron chi connectivity index (χ1n) is 6.94. The highest BCUT2D eigenvalue weighted by Gasteiger charge is 2.34. The van der Waals surface area contributed by atoms with Crippen LogP contribution in [-0.4, -0.2) is 52.9 Å². The third-order valence-corrected chi connectivity index (χ3v) is 3.74. The molecule has 2 N–H and O–H groups in total. The minimum atomic E-state index is -4.21. The molecule has 1 aliphatic heterocycles. The van der Waals surface area contributed by atoms with Gasteiger partial charge in [0.1, 0.15) is 0 Å². The van der Waals surface area contributed by atoms with Gasteiger partial charge < -0.3 is 5.32 Å². The predicted octanol–water partition coefficient (Wildman–Crippen LogP) is 1.93. The molecule has 118 valence electrons. The van der Waals surface area contributed by atoms with Gasteiger partial charge in [-0.3, -0.25) is 14.8 Å². The van der Waals surface area contributed by atoms with Gasteiger partial charge in [0.2, 0.25) is 0 Å². The quantitative estimate of drug-likeness (QED) is 0.910. The summed E-state index contributed by atoms with van der Waals surface area (Å²) < 4.78 is 37.1. The Morgan fingerprint density at radius 3 is 3.05 bits per heavy atom. The molecule has 1 aliphatic rings. The van der Waals surface area contributed by atoms with Gasteiger partial charge in [-0.1, -0.05) is 6.07 Å². The van der Waals surface area contributed by atoms with Crippen LogP contribution in [0.3, 0.4) is 0 Å². The smallest absolute Gasteiger partial charge is 0.348 e. The van der Waals surface area contributed by atoms with E-state index in [4.69, 9.17) is 0 Å². The molecule has 1 atom stereocenters. The van der Waals surface area contributed by atoms with E-state index in [0.717, 1.165) is 5.52 Å². The first kappa shape index (κ1) is 14.8. The van der Waals surface area contributed by atoms with E-state index in [0.29, 0.717) is 23.9 Å². The maximum atomic E-state index is 12.4. The van der Waals surface area contributed by atoms with Gasteiger partial charge in [-0.25, -0.2) is 0 Å². The normalized spacial score (nSPS) is 19.7. The van der Waals surface area contributed by atoms with Crippen LogP contribution in [-0.2, 0) is 0 Å². The summed E-state index contributed by atoms with van der Waals surface area (Å²) in [6, 6.07) is 4.95. The van der Waals surface area contributed by atoms with Gasteiger partial charge in [0, 0.05) is 24.5 Å². The Bertz CT molecular complexity index is 682. The van der Waals surface area contributed by atoms with Crippen molar-refractivity contribution in [3.8, 4) is 0 Å². The molecule has 0 bridgehead atoms. The number of H-pyrrole nitrogens is 1. The van der Waals surface area contributed by atoms with Gasteiger partial charge in [0.25, 0.3) is 5.91 Å². The average Bonchev–Trinajstić information content (AvgIpc) is 3.05. The molecule has 8 heteroatoms. The number of benzene rings is 1. The van der Waals surface area contributed by atoms with Crippen molar-refractivity contribution in [3.05, 3.63) is 30.0 Å². The first-order chi connectivity index (χ1) is 10.4. The summed E-state index contributed by atoms with van der Waals surface area (Å²) >= 11 is 0. The number of alkyl halides is 3. The number of aromatic nitrogens is 2. The van der Waals surface area contributed by atoms with Gasteiger partial charge in [-0.2, -0.15) is 18.3 Å². The number of nitrogens with zero attached hydrogens (tertiary/aromatic N) is 2. The van der Waals surface area contributed by atoms with Gasteiger partial charge >= 0.3 is 6.18 Å². The van der Waals surface area contributed by atoms with Crippen molar-refractivity contribution >= 4 is 16.8 Å². The third-order valence-electron chi connectivity index (χ3n) is 3.74. The number of nitrogens with one attached hydrogen (secondary N) is 2. The third kappa shape index (κ3) is 3.22. The van der Waals surface area contributed by atoms with E-state index in [9.17, 15) is 18.0 Å². The van der Waals surface area contributed by atoms with Crippen molar-refractivity contribution in [1.29, 1.82) is 0 Å². The van der Waals surface area contributed by atoms with Crippen LogP contribution >= 0.6 is 0 Å². The lowest BCUT2D eigenvalue weighted by molar-refractivity contribution is -0.143. The number of rotatable bonds is 3. The van der Waals surface area contributed by atoms with Crippen LogP contribution in [0.25, 0.3) is 10.9 Å². The lowest BCUT2D eigenvalue weighted by atomic mass is 10.1. The van der Waals surface area contributed by atoms with Gasteiger partial charge in [0.05, 0.1) is 23.8 Å². The summed E-state index contributed by atoms with van der Waals surface area (Å²) in [4.78, 5) is 13.6. The van der Waals surface area contributed by atoms with Crippen LogP contribution in [0.4, 0.5) is 13.2 Å². The predicted molar refractivity (Wildman–Crippen MR) is 74.5 cm³/mol. The van der Waals surface area contributed by atoms with Crippen LogP contribution in [0.1, 0.15) is 16.8 Å². The summed E-state index contributed by atoms with van der Waals surface area (Å²) in [6.45, 7) is -0.385. The zero-order valence-electron chi connectivity index (χ0n) is 11.7. The maximum Gasteiger partial charge on any atom is 0.401 e. The molecule has 0 aliphatic carbocycles. The van der Waals surface area contributed by atoms with Crippen LogP contribution < -0.4 is 5.32 Å². The Kier molecular flexibility index (Phi) is 3.78. The highest BCUT2D eigenvalue weighted by atomic mass is 19.4. The van der Waals surface area contributed by atoms with E-state index in [1.807, 2.05) is 0 Å². The van der Waals surface area contributed by atoms with Crippen molar-refractivity contribution in [3.63, 3.8) is 0 Å². The summed E-state index contributed by atoms with van der Waals surface area (Å²) in [7, 11) is 0. The molecule has 2 heterocycles. The largest absolute Gasteiger partial charge is 0.401 e. The molecule has 2 aromatic rings. The fourth-order valence-electron chi connectivity index (χ4n) is 2.78. The van der Waals surface area contributed by atoms with Gasteiger partial charge in [-0.05, 0) is 18.6 Å². The minimum absolute atomic E-state index is 0.215. The highest BCUT2D eigenvalue weighted by Crippen LogP contribution is 2.21. The molecule has 3 rings (SSSR count). The lowest BCUT2D eigenvalue weighted by Crippen LogP contribution is -2.39. The fourth-order valence-corrected chi connectivity index (χ4v) is 2.78. The maximum absolute atomic E-state index is 12.4. The Morgan fingerprint density at radius 1 is 1.45 bits per heavy atom. The molecular formula is C14H15F3N4O. The summed E-state index contributed by atoms with van der Waals surface area (Å²) in [6.07, 6.45) is -2.13. The molecule has 1 fully saturated rings. The van der Waals surface area contributed by atoms with Crippen molar-refractivity contribution < 1.29 is 18.0 Å². The van der Waals surface area contributed by atoms with Crippen molar-refractivity contribution in [1.82, 2.24) is 20.4 Å². The molecule has 0 radical (unpaired) electrons. The Hall–Kier alpha value is -2.09. The molecule has 1 amide bonds. The van der Waals surface area contributed by atoms with E-state index in [-0.39, 0.29) is 18.5 Å². The SMILES string of the molecule is O=C(NC1CCN(CC(F)(F)F)C1)c1cccc2[nH]ncc12. The second-order valence-electron chi connectivity index (χ2n) is 5.45. The molecule has 22 heavy (non-hydrogen) atoms. The van der Waals surface area contributed by atoms with Gasteiger partial charge in [0.15, 0.2) is 0 Å². The van der Waals surface area contributed by atoms with Gasteiger partial charge in [-0.15, -0.1) is 0 Å². The zero-order valence-corrected chi connectivity index (χ0v) is 11.7. The minimum Gasteiger partial charge on any atom is -0.348 e. The molecule has 0 spiro atoms. The Labute approximate surface area is 124 Å². The molecule has 0 saturated carbocycles. The molecule has 1 aromatic carbocycles. The lowest BCUT2D eigenvalue weighted by Gasteiger charge is -2.18. The van der Waals surface area contributed by atoms with Crippen LogP contribution in [0.5, 0.6) is 0 Å². The number of halogens is 3. The van der Waals surface area contributed by atoms with Crippen molar-refractivity contribution in [2.24, 2.45) is 0 Å². The molecule has 1 unspecified atom stereocenters. The van der Waals surface area contributed by atoms with E-state index in [1.54, 1.807) is 24.4 Å². The topological polar surface area (TPSA) is 61.0 Å². The van der Waals surface area contributed by atoms with E-state index in [1.165, 1.54) is 4.90 Å². The van der Waals surface area contributed by atoms with Crippen LogP contribution in [0.15, 0.2) is 24.4 Å². The summed E-state index contributed by atoms with van der Waals surface area (Å²) in [5, 5.41) is 10.2. The van der Waals surface area contributed by atoms with E-state index < -0.39 is 12.7 Å². The number of amides is 1. The fraction of sp³-hybridized carbons (Fsp3) is 0.429.